The fraction of sp³-hybridized carbons (Fsp3) is 0.643. The highest BCUT2D eigenvalue weighted by Crippen LogP contribution is 2.39. The third kappa shape index (κ3) is 2.16. The van der Waals surface area contributed by atoms with Crippen molar-refractivity contribution < 1.29 is 4.74 Å². The molecule has 1 aliphatic heterocycles. The van der Waals surface area contributed by atoms with Gasteiger partial charge in [-0.15, -0.1) is 0 Å². The lowest BCUT2D eigenvalue weighted by atomic mass is 9.95. The van der Waals surface area contributed by atoms with Gasteiger partial charge in [0.25, 0.3) is 0 Å². The molecule has 2 atom stereocenters. The Kier molecular flexibility index (Phi) is 3.33. The van der Waals surface area contributed by atoms with Crippen LogP contribution in [0.3, 0.4) is 0 Å². The fourth-order valence-corrected chi connectivity index (χ4v) is 2.93. The van der Waals surface area contributed by atoms with Crippen molar-refractivity contribution in [1.29, 1.82) is 0 Å². The molecule has 4 heteroatoms. The molecule has 0 aromatic carbocycles. The number of hydrogen-bond donors (Lipinski definition) is 1. The smallest absolute Gasteiger partial charge is 0.0895 e. The number of hydrogen-bond acceptors (Lipinski definition) is 4. The van der Waals surface area contributed by atoms with Crippen molar-refractivity contribution >= 4 is 0 Å². The molecular formula is C14H21N3O. The minimum atomic E-state index is 0.0993. The van der Waals surface area contributed by atoms with Gasteiger partial charge in [0, 0.05) is 31.5 Å². The van der Waals surface area contributed by atoms with Crippen molar-refractivity contribution in [1.82, 2.24) is 9.88 Å². The lowest BCUT2D eigenvalue weighted by Gasteiger charge is -2.41. The topological polar surface area (TPSA) is 51.4 Å². The number of nitrogens with zero attached hydrogens (tertiary/aromatic N) is 2. The van der Waals surface area contributed by atoms with Gasteiger partial charge in [0.05, 0.1) is 18.8 Å². The normalized spacial score (nSPS) is 29.4. The monoisotopic (exact) mass is 247 g/mol. The number of nitrogens with two attached hydrogens (primary N) is 1. The first-order valence-corrected chi connectivity index (χ1v) is 6.79. The highest BCUT2D eigenvalue weighted by molar-refractivity contribution is 5.27. The van der Waals surface area contributed by atoms with Crippen LogP contribution in [-0.2, 0) is 4.74 Å². The Morgan fingerprint density at radius 2 is 2.33 bits per heavy atom. The van der Waals surface area contributed by atoms with E-state index in [0.29, 0.717) is 6.54 Å². The molecule has 2 fully saturated rings. The maximum absolute atomic E-state index is 5.89. The van der Waals surface area contributed by atoms with E-state index < -0.39 is 0 Å². The summed E-state index contributed by atoms with van der Waals surface area (Å²) >= 11 is 0. The number of aromatic nitrogens is 1. The Labute approximate surface area is 108 Å². The summed E-state index contributed by atoms with van der Waals surface area (Å²) in [5, 5.41) is 0. The van der Waals surface area contributed by atoms with Gasteiger partial charge in [-0.05, 0) is 37.0 Å². The van der Waals surface area contributed by atoms with Crippen LogP contribution in [0.15, 0.2) is 18.5 Å². The molecule has 1 aliphatic carbocycles. The molecule has 1 aromatic heterocycles. The molecule has 1 saturated carbocycles. The quantitative estimate of drug-likeness (QED) is 0.873. The fourth-order valence-electron chi connectivity index (χ4n) is 2.93. The summed E-state index contributed by atoms with van der Waals surface area (Å²) in [5.74, 6) is 0. The molecular weight excluding hydrogens is 226 g/mol. The lowest BCUT2D eigenvalue weighted by Crippen LogP contribution is -2.49. The predicted molar refractivity (Wildman–Crippen MR) is 70.2 cm³/mol. The van der Waals surface area contributed by atoms with Crippen LogP contribution in [0, 0.1) is 6.92 Å². The molecule has 3 rings (SSSR count). The minimum absolute atomic E-state index is 0.0993. The van der Waals surface area contributed by atoms with Gasteiger partial charge in [0.2, 0.25) is 0 Å². The maximum Gasteiger partial charge on any atom is 0.0895 e. The standard InChI is InChI=1S/C14H21N3O/c1-10-4-5-16-9-12(10)14-13(8-15)18-7-6-17(14)11-2-3-11/h4-5,9,11,13-14H,2-3,6-8,15H2,1H3. The van der Waals surface area contributed by atoms with Crippen LogP contribution in [0.4, 0.5) is 0 Å². The summed E-state index contributed by atoms with van der Waals surface area (Å²) in [5.41, 5.74) is 8.45. The van der Waals surface area contributed by atoms with Crippen LogP contribution in [0.2, 0.25) is 0 Å². The number of aryl methyl sites for hydroxylation is 1. The van der Waals surface area contributed by atoms with E-state index in [1.165, 1.54) is 24.0 Å². The first kappa shape index (κ1) is 12.1. The Hall–Kier alpha value is -0.970. The first-order chi connectivity index (χ1) is 8.81. The Bertz CT molecular complexity index is 419. The average Bonchev–Trinajstić information content (AvgIpc) is 3.23. The molecule has 98 valence electrons. The zero-order valence-electron chi connectivity index (χ0n) is 10.9. The van der Waals surface area contributed by atoms with E-state index in [1.54, 1.807) is 0 Å². The van der Waals surface area contributed by atoms with Crippen LogP contribution in [0.5, 0.6) is 0 Å². The third-order valence-corrected chi connectivity index (χ3v) is 4.04. The summed E-state index contributed by atoms with van der Waals surface area (Å²) in [4.78, 5) is 6.86. The van der Waals surface area contributed by atoms with Crippen molar-refractivity contribution in [3.8, 4) is 0 Å². The SMILES string of the molecule is Cc1ccncc1C1C(CN)OCCN1C1CC1. The van der Waals surface area contributed by atoms with Crippen LogP contribution < -0.4 is 5.73 Å². The molecule has 1 aromatic rings. The molecule has 2 unspecified atom stereocenters. The summed E-state index contributed by atoms with van der Waals surface area (Å²) in [6.45, 7) is 4.53. The van der Waals surface area contributed by atoms with Gasteiger partial charge in [-0.2, -0.15) is 0 Å². The Morgan fingerprint density at radius 3 is 3.00 bits per heavy atom. The second-order valence-corrected chi connectivity index (χ2v) is 5.29. The van der Waals surface area contributed by atoms with Crippen LogP contribution in [0.25, 0.3) is 0 Å². The molecule has 0 bridgehead atoms. The largest absolute Gasteiger partial charge is 0.374 e. The molecule has 2 heterocycles. The number of pyridine rings is 1. The van der Waals surface area contributed by atoms with E-state index in [0.717, 1.165) is 19.2 Å². The molecule has 4 nitrogen and oxygen atoms in total. The zero-order valence-corrected chi connectivity index (χ0v) is 10.9. The lowest BCUT2D eigenvalue weighted by molar-refractivity contribution is -0.0715. The molecule has 2 aliphatic rings. The summed E-state index contributed by atoms with van der Waals surface area (Å²) < 4.78 is 5.86. The molecule has 0 spiro atoms. The van der Waals surface area contributed by atoms with Crippen molar-refractivity contribution in [2.45, 2.75) is 38.0 Å². The summed E-state index contributed by atoms with van der Waals surface area (Å²) in [6.07, 6.45) is 6.55. The zero-order chi connectivity index (χ0) is 12.5. The van der Waals surface area contributed by atoms with E-state index in [2.05, 4.69) is 22.9 Å². The van der Waals surface area contributed by atoms with Gasteiger partial charge in [-0.25, -0.2) is 0 Å². The van der Waals surface area contributed by atoms with Crippen molar-refractivity contribution in [3.05, 3.63) is 29.6 Å². The maximum atomic E-state index is 5.89. The first-order valence-electron chi connectivity index (χ1n) is 6.79. The van der Waals surface area contributed by atoms with E-state index in [4.69, 9.17) is 10.5 Å². The number of rotatable bonds is 3. The van der Waals surface area contributed by atoms with Gasteiger partial charge in [0.15, 0.2) is 0 Å². The molecule has 0 radical (unpaired) electrons. The minimum Gasteiger partial charge on any atom is -0.374 e. The van der Waals surface area contributed by atoms with Gasteiger partial charge in [-0.1, -0.05) is 0 Å². The van der Waals surface area contributed by atoms with E-state index in [9.17, 15) is 0 Å². The van der Waals surface area contributed by atoms with Crippen molar-refractivity contribution in [2.24, 2.45) is 5.73 Å². The second-order valence-electron chi connectivity index (χ2n) is 5.29. The van der Waals surface area contributed by atoms with Crippen molar-refractivity contribution in [3.63, 3.8) is 0 Å². The Morgan fingerprint density at radius 1 is 1.50 bits per heavy atom. The average molecular weight is 247 g/mol. The highest BCUT2D eigenvalue weighted by atomic mass is 16.5. The number of morpholine rings is 1. The van der Waals surface area contributed by atoms with Crippen LogP contribution in [0.1, 0.15) is 30.0 Å². The van der Waals surface area contributed by atoms with E-state index in [1.807, 2.05) is 12.4 Å². The number of ether oxygens (including phenoxy) is 1. The van der Waals surface area contributed by atoms with Gasteiger partial charge in [0.1, 0.15) is 0 Å². The molecule has 1 saturated heterocycles. The molecule has 2 N–H and O–H groups in total. The van der Waals surface area contributed by atoms with Gasteiger partial charge >= 0.3 is 0 Å². The Balaban J connectivity index is 1.94. The van der Waals surface area contributed by atoms with Gasteiger partial charge < -0.3 is 10.5 Å². The van der Waals surface area contributed by atoms with Crippen LogP contribution in [-0.4, -0.2) is 41.7 Å². The van der Waals surface area contributed by atoms with Crippen LogP contribution >= 0.6 is 0 Å². The van der Waals surface area contributed by atoms with Crippen molar-refractivity contribution in [2.75, 3.05) is 19.7 Å². The van der Waals surface area contributed by atoms with Gasteiger partial charge in [-0.3, -0.25) is 9.88 Å². The van der Waals surface area contributed by atoms with E-state index in [-0.39, 0.29) is 12.1 Å². The summed E-state index contributed by atoms with van der Waals surface area (Å²) in [7, 11) is 0. The predicted octanol–water partition coefficient (Wildman–Crippen LogP) is 1.25. The molecule has 0 amide bonds. The third-order valence-electron chi connectivity index (χ3n) is 4.04. The molecule has 18 heavy (non-hydrogen) atoms. The summed E-state index contributed by atoms with van der Waals surface area (Å²) in [6, 6.07) is 3.08. The van der Waals surface area contributed by atoms with E-state index >= 15 is 0 Å². The second kappa shape index (κ2) is 4.96. The highest BCUT2D eigenvalue weighted by Gasteiger charge is 2.41.